The highest BCUT2D eigenvalue weighted by atomic mass is 16.7. The number of aliphatic hydroxyl groups excluding tert-OH is 1. The SMILES string of the molecule is CC1(C)C2CC3OC(=O)C45CC(C[C@H](O)C46COC(O2)C1C36)[C@@](C)(O)C5=O. The fourth-order valence-electron chi connectivity index (χ4n) is 7.89. The van der Waals surface area contributed by atoms with Crippen molar-refractivity contribution < 1.29 is 34.0 Å². The largest absolute Gasteiger partial charge is 0.461 e. The zero-order valence-electron chi connectivity index (χ0n) is 15.8. The van der Waals surface area contributed by atoms with Crippen molar-refractivity contribution in [1.82, 2.24) is 0 Å². The molecule has 148 valence electrons. The van der Waals surface area contributed by atoms with Crippen molar-refractivity contribution in [2.45, 2.75) is 70.2 Å². The lowest BCUT2D eigenvalue weighted by molar-refractivity contribution is -0.306. The number of aliphatic hydroxyl groups is 2. The van der Waals surface area contributed by atoms with Crippen molar-refractivity contribution in [2.24, 2.45) is 34.0 Å². The summed E-state index contributed by atoms with van der Waals surface area (Å²) in [4.78, 5) is 26.8. The molecule has 4 bridgehead atoms. The highest BCUT2D eigenvalue weighted by Gasteiger charge is 2.85. The second kappa shape index (κ2) is 4.42. The summed E-state index contributed by atoms with van der Waals surface area (Å²) in [5, 5.41) is 22.3. The summed E-state index contributed by atoms with van der Waals surface area (Å²) in [5.41, 5.74) is -4.42. The van der Waals surface area contributed by atoms with Crippen molar-refractivity contribution in [3.8, 4) is 0 Å². The third-order valence-electron chi connectivity index (χ3n) is 9.29. The van der Waals surface area contributed by atoms with Gasteiger partial charge in [0.25, 0.3) is 0 Å². The molecule has 2 N–H and O–H groups in total. The van der Waals surface area contributed by atoms with E-state index in [9.17, 15) is 19.8 Å². The predicted molar refractivity (Wildman–Crippen MR) is 89.1 cm³/mol. The zero-order valence-corrected chi connectivity index (χ0v) is 15.8. The molecule has 0 aromatic heterocycles. The zero-order chi connectivity index (χ0) is 19.1. The number of ketones is 1. The van der Waals surface area contributed by atoms with Crippen LogP contribution in [0.25, 0.3) is 0 Å². The molecule has 3 heterocycles. The van der Waals surface area contributed by atoms with E-state index >= 15 is 0 Å². The van der Waals surface area contributed by atoms with Crippen LogP contribution in [-0.2, 0) is 23.8 Å². The van der Waals surface area contributed by atoms with Crippen LogP contribution in [0.2, 0.25) is 0 Å². The molecule has 2 spiro atoms. The van der Waals surface area contributed by atoms with Crippen LogP contribution in [0.3, 0.4) is 0 Å². The molecule has 6 fully saturated rings. The van der Waals surface area contributed by atoms with Crippen LogP contribution < -0.4 is 0 Å². The average Bonchev–Trinajstić information content (AvgIpc) is 2.86. The van der Waals surface area contributed by atoms with E-state index in [1.165, 1.54) is 6.92 Å². The number of rotatable bonds is 0. The van der Waals surface area contributed by atoms with E-state index in [0.29, 0.717) is 12.8 Å². The summed E-state index contributed by atoms with van der Waals surface area (Å²) < 4.78 is 18.2. The van der Waals surface area contributed by atoms with Gasteiger partial charge in [0.15, 0.2) is 12.1 Å². The molecular weight excluding hydrogens is 352 g/mol. The Morgan fingerprint density at radius 3 is 2.59 bits per heavy atom. The molecule has 0 aromatic rings. The first-order chi connectivity index (χ1) is 12.6. The predicted octanol–water partition coefficient (Wildman–Crippen LogP) is 0.407. The molecule has 27 heavy (non-hydrogen) atoms. The maximum absolute atomic E-state index is 13.5. The maximum Gasteiger partial charge on any atom is 0.320 e. The number of carbonyl (C=O) groups is 2. The lowest BCUT2D eigenvalue weighted by atomic mass is 9.42. The molecule has 0 radical (unpaired) electrons. The van der Waals surface area contributed by atoms with Crippen LogP contribution in [0.15, 0.2) is 0 Å². The molecule has 3 saturated heterocycles. The normalized spacial score (nSPS) is 62.2. The topological polar surface area (TPSA) is 102 Å². The molecule has 7 nitrogen and oxygen atoms in total. The summed E-state index contributed by atoms with van der Waals surface area (Å²) in [7, 11) is 0. The van der Waals surface area contributed by atoms with Gasteiger partial charge in [-0.15, -0.1) is 0 Å². The van der Waals surface area contributed by atoms with Crippen molar-refractivity contribution in [3.63, 3.8) is 0 Å². The highest BCUT2D eigenvalue weighted by Crippen LogP contribution is 2.74. The second-order valence-corrected chi connectivity index (χ2v) is 10.4. The van der Waals surface area contributed by atoms with Crippen molar-refractivity contribution in [1.29, 1.82) is 0 Å². The van der Waals surface area contributed by atoms with Crippen molar-refractivity contribution in [3.05, 3.63) is 0 Å². The van der Waals surface area contributed by atoms with E-state index in [0.717, 1.165) is 0 Å². The van der Waals surface area contributed by atoms with Crippen LogP contribution in [0.1, 0.15) is 40.0 Å². The molecule has 10 atom stereocenters. The summed E-state index contributed by atoms with van der Waals surface area (Å²) >= 11 is 0. The molecule has 8 unspecified atom stereocenters. The molecule has 0 aromatic carbocycles. The Kier molecular flexibility index (Phi) is 2.77. The Morgan fingerprint density at radius 2 is 1.85 bits per heavy atom. The van der Waals surface area contributed by atoms with E-state index in [1.807, 2.05) is 0 Å². The molecule has 7 heteroatoms. The Balaban J connectivity index is 1.62. The van der Waals surface area contributed by atoms with Gasteiger partial charge in [0.1, 0.15) is 17.1 Å². The van der Waals surface area contributed by atoms with Crippen LogP contribution in [0.4, 0.5) is 0 Å². The molecule has 6 rings (SSSR count). The number of fused-ring (bicyclic) bond motifs is 2. The third kappa shape index (κ3) is 1.46. The van der Waals surface area contributed by atoms with Gasteiger partial charge in [0.2, 0.25) is 0 Å². The fraction of sp³-hybridized carbons (Fsp3) is 0.900. The molecule has 6 aliphatic rings. The van der Waals surface area contributed by atoms with Gasteiger partial charge in [0, 0.05) is 23.7 Å². The number of ether oxygens (including phenoxy) is 3. The van der Waals surface area contributed by atoms with Crippen LogP contribution in [0, 0.1) is 34.0 Å². The monoisotopic (exact) mass is 378 g/mol. The first-order valence-electron chi connectivity index (χ1n) is 10.0. The first kappa shape index (κ1) is 16.9. The Hall–Kier alpha value is -1.02. The number of hydrogen-bond acceptors (Lipinski definition) is 7. The van der Waals surface area contributed by atoms with E-state index < -0.39 is 46.5 Å². The maximum atomic E-state index is 13.5. The third-order valence-corrected chi connectivity index (χ3v) is 9.29. The Morgan fingerprint density at radius 1 is 1.11 bits per heavy atom. The lowest BCUT2D eigenvalue weighted by Gasteiger charge is -2.65. The minimum atomic E-state index is -1.63. The highest BCUT2D eigenvalue weighted by molar-refractivity contribution is 6.11. The summed E-state index contributed by atoms with van der Waals surface area (Å²) in [6.07, 6.45) is -0.694. The number of carbonyl (C=O) groups excluding carboxylic acids is 2. The van der Waals surface area contributed by atoms with Gasteiger partial charge in [0.05, 0.1) is 18.8 Å². The molecule has 0 amide bonds. The minimum Gasteiger partial charge on any atom is -0.461 e. The molecule has 3 saturated carbocycles. The number of esters is 1. The number of hydrogen-bond donors (Lipinski definition) is 2. The second-order valence-electron chi connectivity index (χ2n) is 10.4. The van der Waals surface area contributed by atoms with Gasteiger partial charge >= 0.3 is 5.97 Å². The van der Waals surface area contributed by atoms with Gasteiger partial charge in [-0.1, -0.05) is 13.8 Å². The van der Waals surface area contributed by atoms with Gasteiger partial charge < -0.3 is 24.4 Å². The average molecular weight is 378 g/mol. The van der Waals surface area contributed by atoms with Gasteiger partial charge in [-0.05, 0) is 31.1 Å². The quantitative estimate of drug-likeness (QED) is 0.465. The van der Waals surface area contributed by atoms with E-state index in [-0.39, 0.29) is 42.5 Å². The molecule has 3 aliphatic carbocycles. The van der Waals surface area contributed by atoms with E-state index in [1.54, 1.807) is 0 Å². The minimum absolute atomic E-state index is 0.0653. The Labute approximate surface area is 157 Å². The van der Waals surface area contributed by atoms with E-state index in [2.05, 4.69) is 13.8 Å². The van der Waals surface area contributed by atoms with Crippen molar-refractivity contribution >= 4 is 11.8 Å². The standard InChI is InChI=1S/C20H26O7/c1-17(2)11-5-9-12-13(17)14(27-11)25-7-20(12)10(21)4-8-6-19(20,16(23)26-9)15(22)18(8,3)24/h8-14,21,24H,4-7H2,1-3H3/t8?,9?,10-,11?,12?,13?,14?,18+,19?,20?/m0/s1. The van der Waals surface area contributed by atoms with Crippen LogP contribution in [-0.4, -0.2) is 58.8 Å². The van der Waals surface area contributed by atoms with Gasteiger partial charge in [-0.25, -0.2) is 0 Å². The first-order valence-corrected chi connectivity index (χ1v) is 10.0. The number of Topliss-reactive ketones (excluding diaryl/α,β-unsaturated/α-hetero) is 1. The van der Waals surface area contributed by atoms with Gasteiger partial charge in [-0.2, -0.15) is 0 Å². The molecule has 3 aliphatic heterocycles. The van der Waals surface area contributed by atoms with Crippen molar-refractivity contribution in [2.75, 3.05) is 6.61 Å². The van der Waals surface area contributed by atoms with Crippen LogP contribution in [0.5, 0.6) is 0 Å². The lowest BCUT2D eigenvalue weighted by Crippen LogP contribution is -2.75. The summed E-state index contributed by atoms with van der Waals surface area (Å²) in [6, 6.07) is 0. The van der Waals surface area contributed by atoms with E-state index in [4.69, 9.17) is 14.2 Å². The fourth-order valence-corrected chi connectivity index (χ4v) is 7.89. The smallest absolute Gasteiger partial charge is 0.320 e. The molecular formula is C20H26O7. The van der Waals surface area contributed by atoms with Crippen LogP contribution >= 0.6 is 0 Å². The summed E-state index contributed by atoms with van der Waals surface area (Å²) in [6.45, 7) is 5.83. The van der Waals surface area contributed by atoms with Gasteiger partial charge in [-0.3, -0.25) is 9.59 Å². The summed E-state index contributed by atoms with van der Waals surface area (Å²) in [5.74, 6) is -1.81. The Bertz CT molecular complexity index is 774.